The van der Waals surface area contributed by atoms with Gasteiger partial charge < -0.3 is 10.6 Å². The maximum Gasteiger partial charge on any atom is 0.257 e. The zero-order valence-electron chi connectivity index (χ0n) is 19.5. The topological polar surface area (TPSA) is 59.0 Å². The fourth-order valence-corrected chi connectivity index (χ4v) is 5.08. The van der Waals surface area contributed by atoms with Gasteiger partial charge in [-0.2, -0.15) is 5.10 Å². The number of nitrogens with zero attached hydrogens (tertiary/aromatic N) is 2. The number of aromatic nitrogens is 2. The van der Waals surface area contributed by atoms with Gasteiger partial charge in [-0.3, -0.25) is 4.79 Å². The predicted octanol–water partition coefficient (Wildman–Crippen LogP) is 6.93. The first-order valence-electron chi connectivity index (χ1n) is 11.4. The van der Waals surface area contributed by atoms with Gasteiger partial charge in [0.1, 0.15) is 11.4 Å². The van der Waals surface area contributed by atoms with Crippen molar-refractivity contribution in [2.75, 3.05) is 5.32 Å². The minimum atomic E-state index is -0.566. The molecule has 0 aliphatic carbocycles. The molecular weight excluding hydrogens is 455 g/mol. The molecule has 0 saturated heterocycles. The fraction of sp³-hybridized carbons (Fsp3) is 0.385. The van der Waals surface area contributed by atoms with Crippen molar-refractivity contribution in [3.8, 4) is 0 Å². The molecule has 1 aliphatic rings. The Hall–Kier alpha value is -2.50. The van der Waals surface area contributed by atoms with E-state index in [1.807, 2.05) is 35.0 Å². The number of carbonyl (C=O) groups is 1. The first kappa shape index (κ1) is 23.7. The van der Waals surface area contributed by atoms with Crippen LogP contribution in [0, 0.1) is 0 Å². The van der Waals surface area contributed by atoms with Crippen LogP contribution in [0.4, 0.5) is 5.82 Å². The third-order valence-electron chi connectivity index (χ3n) is 6.84. The number of benzene rings is 2. The Labute approximate surface area is 205 Å². The number of anilines is 1. The van der Waals surface area contributed by atoms with Crippen LogP contribution < -0.4 is 10.6 Å². The first-order chi connectivity index (χ1) is 15.7. The number of hydrogen-bond acceptors (Lipinski definition) is 3. The van der Waals surface area contributed by atoms with Crippen LogP contribution in [0.5, 0.6) is 0 Å². The summed E-state index contributed by atoms with van der Waals surface area (Å²) in [4.78, 5) is 13.6. The minimum Gasteiger partial charge on any atom is -0.363 e. The molecule has 33 heavy (non-hydrogen) atoms. The molecule has 1 unspecified atom stereocenters. The van der Waals surface area contributed by atoms with Gasteiger partial charge in [0.05, 0.1) is 33.4 Å². The molecule has 5 nitrogen and oxygen atoms in total. The average molecular weight is 485 g/mol. The van der Waals surface area contributed by atoms with Gasteiger partial charge in [-0.25, -0.2) is 4.68 Å². The van der Waals surface area contributed by atoms with Crippen molar-refractivity contribution in [2.45, 2.75) is 64.1 Å². The Morgan fingerprint density at radius 2 is 1.85 bits per heavy atom. The van der Waals surface area contributed by atoms with Gasteiger partial charge >= 0.3 is 0 Å². The van der Waals surface area contributed by atoms with Crippen molar-refractivity contribution >= 4 is 34.9 Å². The lowest BCUT2D eigenvalue weighted by molar-refractivity contribution is 0.0890. The van der Waals surface area contributed by atoms with Crippen LogP contribution in [0.15, 0.2) is 54.7 Å². The van der Waals surface area contributed by atoms with E-state index in [0.717, 1.165) is 17.8 Å². The smallest absolute Gasteiger partial charge is 0.257 e. The molecule has 4 rings (SSSR count). The second-order valence-electron chi connectivity index (χ2n) is 9.32. The maximum atomic E-state index is 13.6. The zero-order valence-corrected chi connectivity index (χ0v) is 21.0. The molecule has 0 bridgehead atoms. The lowest BCUT2D eigenvalue weighted by atomic mass is 9.84. The van der Waals surface area contributed by atoms with Crippen molar-refractivity contribution in [2.24, 2.45) is 0 Å². The van der Waals surface area contributed by atoms with Gasteiger partial charge in [0.25, 0.3) is 5.91 Å². The van der Waals surface area contributed by atoms with Crippen LogP contribution >= 0.6 is 23.2 Å². The Bertz CT molecular complexity index is 1150. The molecule has 3 aromatic rings. The van der Waals surface area contributed by atoms with Crippen molar-refractivity contribution in [1.82, 2.24) is 15.1 Å². The number of nitrogens with one attached hydrogen (secondary N) is 2. The Balaban J connectivity index is 1.68. The number of hydrogen-bond donors (Lipinski definition) is 2. The quantitative estimate of drug-likeness (QED) is 0.398. The molecule has 0 fully saturated rings. The van der Waals surface area contributed by atoms with E-state index in [9.17, 15) is 4.79 Å². The summed E-state index contributed by atoms with van der Waals surface area (Å²) in [6.45, 7) is 8.43. The molecule has 7 heteroatoms. The van der Waals surface area contributed by atoms with Crippen molar-refractivity contribution < 1.29 is 4.79 Å². The predicted molar refractivity (Wildman–Crippen MR) is 135 cm³/mol. The van der Waals surface area contributed by atoms with Crippen LogP contribution in [-0.4, -0.2) is 15.7 Å². The molecule has 1 aliphatic heterocycles. The van der Waals surface area contributed by atoms with Crippen molar-refractivity contribution in [3.05, 3.63) is 81.5 Å². The Kier molecular flexibility index (Phi) is 6.47. The van der Waals surface area contributed by atoms with E-state index >= 15 is 0 Å². The largest absolute Gasteiger partial charge is 0.363 e. The summed E-state index contributed by atoms with van der Waals surface area (Å²) in [6, 6.07) is 16.0. The standard InChI is InChI=1S/C26H30Cl2N4O/c1-5-26(6-2,18-12-13-20(27)21(28)14-18)31-24(33)19-16-29-32-23(19)30-22(15-25(32,3)4)17-10-8-7-9-11-17/h7-14,16,22,30H,5-6,15H2,1-4H3,(H,31,33). The van der Waals surface area contributed by atoms with Crippen LogP contribution in [0.3, 0.4) is 0 Å². The van der Waals surface area contributed by atoms with Crippen LogP contribution in [-0.2, 0) is 11.1 Å². The molecular formula is C26H30Cl2N4O. The van der Waals surface area contributed by atoms with E-state index in [0.29, 0.717) is 28.5 Å². The molecule has 0 radical (unpaired) electrons. The number of amides is 1. The van der Waals surface area contributed by atoms with E-state index in [2.05, 4.69) is 55.6 Å². The van der Waals surface area contributed by atoms with Gasteiger partial charge in [0.2, 0.25) is 0 Å². The molecule has 1 atom stereocenters. The van der Waals surface area contributed by atoms with Gasteiger partial charge in [0, 0.05) is 0 Å². The Morgan fingerprint density at radius 3 is 2.48 bits per heavy atom. The van der Waals surface area contributed by atoms with Crippen molar-refractivity contribution in [1.29, 1.82) is 0 Å². The number of halogens is 2. The highest BCUT2D eigenvalue weighted by Crippen LogP contribution is 2.40. The summed E-state index contributed by atoms with van der Waals surface area (Å²) in [6.07, 6.45) is 3.95. The molecule has 1 amide bonds. The summed E-state index contributed by atoms with van der Waals surface area (Å²) in [7, 11) is 0. The molecule has 2 aromatic carbocycles. The summed E-state index contributed by atoms with van der Waals surface area (Å²) in [5, 5.41) is 12.4. The lowest BCUT2D eigenvalue weighted by Crippen LogP contribution is -2.45. The highest BCUT2D eigenvalue weighted by molar-refractivity contribution is 6.42. The van der Waals surface area contributed by atoms with Crippen LogP contribution in [0.2, 0.25) is 10.0 Å². The van der Waals surface area contributed by atoms with Gasteiger partial charge in [-0.1, -0.05) is 73.4 Å². The van der Waals surface area contributed by atoms with E-state index in [-0.39, 0.29) is 17.5 Å². The highest BCUT2D eigenvalue weighted by Gasteiger charge is 2.38. The Morgan fingerprint density at radius 1 is 1.15 bits per heavy atom. The third-order valence-corrected chi connectivity index (χ3v) is 7.57. The summed E-state index contributed by atoms with van der Waals surface area (Å²) in [5.74, 6) is 0.580. The molecule has 1 aromatic heterocycles. The number of rotatable bonds is 6. The van der Waals surface area contributed by atoms with Crippen molar-refractivity contribution in [3.63, 3.8) is 0 Å². The molecule has 2 N–H and O–H groups in total. The number of fused-ring (bicyclic) bond motifs is 1. The SMILES string of the molecule is CCC(CC)(NC(=O)c1cnn2c1NC(c1ccccc1)CC2(C)C)c1ccc(Cl)c(Cl)c1. The first-order valence-corrected chi connectivity index (χ1v) is 12.1. The van der Waals surface area contributed by atoms with E-state index < -0.39 is 5.54 Å². The lowest BCUT2D eigenvalue weighted by Gasteiger charge is -2.38. The van der Waals surface area contributed by atoms with Crippen LogP contribution in [0.25, 0.3) is 0 Å². The van der Waals surface area contributed by atoms with Gasteiger partial charge in [-0.15, -0.1) is 0 Å². The van der Waals surface area contributed by atoms with E-state index in [4.69, 9.17) is 23.2 Å². The molecule has 0 saturated carbocycles. The third kappa shape index (κ3) is 4.36. The normalized spacial score (nSPS) is 17.2. The monoisotopic (exact) mass is 484 g/mol. The maximum absolute atomic E-state index is 13.6. The number of carbonyl (C=O) groups excluding carboxylic acids is 1. The summed E-state index contributed by atoms with van der Waals surface area (Å²) >= 11 is 12.4. The fourth-order valence-electron chi connectivity index (χ4n) is 4.79. The summed E-state index contributed by atoms with van der Waals surface area (Å²) in [5.41, 5.74) is 1.86. The molecule has 0 spiro atoms. The van der Waals surface area contributed by atoms with Gasteiger partial charge in [0.15, 0.2) is 0 Å². The second kappa shape index (κ2) is 9.03. The average Bonchev–Trinajstić information content (AvgIpc) is 3.25. The van der Waals surface area contributed by atoms with E-state index in [1.165, 1.54) is 5.56 Å². The van der Waals surface area contributed by atoms with E-state index in [1.54, 1.807) is 12.3 Å². The molecule has 2 heterocycles. The minimum absolute atomic E-state index is 0.0918. The molecule has 174 valence electrons. The second-order valence-corrected chi connectivity index (χ2v) is 10.1. The van der Waals surface area contributed by atoms with Gasteiger partial charge in [-0.05, 0) is 56.4 Å². The summed E-state index contributed by atoms with van der Waals surface area (Å²) < 4.78 is 1.93. The van der Waals surface area contributed by atoms with Crippen LogP contribution in [0.1, 0.15) is 74.5 Å². The zero-order chi connectivity index (χ0) is 23.8. The highest BCUT2D eigenvalue weighted by atomic mass is 35.5.